The molecule has 0 bridgehead atoms. The summed E-state index contributed by atoms with van der Waals surface area (Å²) in [7, 11) is 0. The maximum absolute atomic E-state index is 12.8. The minimum atomic E-state index is -0.518. The van der Waals surface area contributed by atoms with Crippen LogP contribution < -0.4 is 10.1 Å². The molecule has 1 saturated heterocycles. The van der Waals surface area contributed by atoms with E-state index in [9.17, 15) is 9.59 Å². The number of thiocarbonyl (C=S) groups is 1. The Kier molecular flexibility index (Phi) is 5.14. The van der Waals surface area contributed by atoms with Crippen molar-refractivity contribution in [1.29, 1.82) is 0 Å². The van der Waals surface area contributed by atoms with Gasteiger partial charge in [0.1, 0.15) is 11.3 Å². The summed E-state index contributed by atoms with van der Waals surface area (Å²) in [6.07, 6.45) is 3.13. The molecule has 0 unspecified atom stereocenters. The van der Waals surface area contributed by atoms with Crippen LogP contribution in [-0.4, -0.2) is 35.0 Å². The molecule has 0 atom stereocenters. The normalized spacial score (nSPS) is 16.1. The Hall–Kier alpha value is -2.99. The topological polar surface area (TPSA) is 58.6 Å². The van der Waals surface area contributed by atoms with Gasteiger partial charge in [-0.25, -0.2) is 0 Å². The van der Waals surface area contributed by atoms with Gasteiger partial charge >= 0.3 is 0 Å². The number of nitrogens with one attached hydrogen (secondary N) is 1. The lowest BCUT2D eigenvalue weighted by atomic mass is 10.00. The van der Waals surface area contributed by atoms with Crippen LogP contribution in [0.25, 0.3) is 16.8 Å². The van der Waals surface area contributed by atoms with E-state index in [2.05, 4.69) is 11.9 Å². The fourth-order valence-electron chi connectivity index (χ4n) is 2.84. The molecule has 0 aliphatic carbocycles. The molecule has 0 spiro atoms. The molecule has 1 aliphatic rings. The van der Waals surface area contributed by atoms with Crippen LogP contribution in [-0.2, 0) is 9.59 Å². The zero-order valence-electron chi connectivity index (χ0n) is 14.3. The summed E-state index contributed by atoms with van der Waals surface area (Å²) in [5, 5.41) is 4.53. The Morgan fingerprint density at radius 2 is 2.00 bits per heavy atom. The molecule has 2 aromatic carbocycles. The van der Waals surface area contributed by atoms with E-state index in [4.69, 9.17) is 17.0 Å². The van der Waals surface area contributed by atoms with Gasteiger partial charge in [0.05, 0.1) is 6.61 Å². The maximum Gasteiger partial charge on any atom is 0.265 e. The Balaban J connectivity index is 2.17. The summed E-state index contributed by atoms with van der Waals surface area (Å²) in [5.41, 5.74) is 0.701. The molecule has 0 aromatic heterocycles. The summed E-state index contributed by atoms with van der Waals surface area (Å²) in [6, 6.07) is 11.5. The first-order valence-corrected chi connectivity index (χ1v) is 8.62. The number of carbonyl (C=O) groups excluding carboxylic acids is 2. The van der Waals surface area contributed by atoms with E-state index >= 15 is 0 Å². The monoisotopic (exact) mass is 366 g/mol. The fourth-order valence-corrected chi connectivity index (χ4v) is 3.09. The van der Waals surface area contributed by atoms with Crippen molar-refractivity contribution >= 4 is 46.0 Å². The van der Waals surface area contributed by atoms with Crippen molar-refractivity contribution in [3.63, 3.8) is 0 Å². The molecule has 1 heterocycles. The second kappa shape index (κ2) is 7.49. The van der Waals surface area contributed by atoms with Crippen LogP contribution in [0.3, 0.4) is 0 Å². The SMILES string of the molecule is C=CCN1C(=O)/C(=C/c2c(OCC)ccc3ccccc23)C(=O)NC1=S. The molecule has 26 heavy (non-hydrogen) atoms. The van der Waals surface area contributed by atoms with E-state index in [1.165, 1.54) is 4.90 Å². The van der Waals surface area contributed by atoms with Gasteiger partial charge in [0.15, 0.2) is 5.11 Å². The van der Waals surface area contributed by atoms with E-state index in [-0.39, 0.29) is 17.2 Å². The van der Waals surface area contributed by atoms with Crippen LogP contribution in [0.15, 0.2) is 54.6 Å². The van der Waals surface area contributed by atoms with Crippen molar-refractivity contribution in [2.45, 2.75) is 6.92 Å². The molecule has 6 heteroatoms. The van der Waals surface area contributed by atoms with Crippen molar-refractivity contribution in [2.75, 3.05) is 13.2 Å². The van der Waals surface area contributed by atoms with Gasteiger partial charge in [-0.15, -0.1) is 6.58 Å². The zero-order valence-corrected chi connectivity index (χ0v) is 15.1. The highest BCUT2D eigenvalue weighted by molar-refractivity contribution is 7.80. The van der Waals surface area contributed by atoms with Gasteiger partial charge < -0.3 is 4.74 Å². The van der Waals surface area contributed by atoms with Crippen LogP contribution >= 0.6 is 12.2 Å². The molecule has 0 saturated carbocycles. The van der Waals surface area contributed by atoms with Gasteiger partial charge in [0.2, 0.25) is 0 Å². The Labute approximate surface area is 156 Å². The highest BCUT2D eigenvalue weighted by Crippen LogP contribution is 2.31. The first-order chi connectivity index (χ1) is 12.6. The summed E-state index contributed by atoms with van der Waals surface area (Å²) in [4.78, 5) is 26.5. The van der Waals surface area contributed by atoms with Crippen molar-refractivity contribution in [3.05, 3.63) is 60.2 Å². The van der Waals surface area contributed by atoms with E-state index < -0.39 is 11.8 Å². The van der Waals surface area contributed by atoms with Gasteiger partial charge in [-0.3, -0.25) is 19.8 Å². The molecule has 2 amide bonds. The number of hydrogen-bond donors (Lipinski definition) is 1. The number of carbonyl (C=O) groups is 2. The molecule has 132 valence electrons. The fraction of sp³-hybridized carbons (Fsp3) is 0.150. The predicted octanol–water partition coefficient (Wildman–Crippen LogP) is 3.05. The molecule has 1 N–H and O–H groups in total. The largest absolute Gasteiger partial charge is 0.493 e. The summed E-state index contributed by atoms with van der Waals surface area (Å²) in [5.74, 6) is -0.354. The number of fused-ring (bicyclic) bond motifs is 1. The average molecular weight is 366 g/mol. The molecule has 2 aromatic rings. The number of hydrogen-bond acceptors (Lipinski definition) is 4. The number of rotatable bonds is 5. The summed E-state index contributed by atoms with van der Waals surface area (Å²) < 4.78 is 5.71. The first kappa shape index (κ1) is 17.8. The first-order valence-electron chi connectivity index (χ1n) is 8.21. The van der Waals surface area contributed by atoms with Crippen LogP contribution in [0.5, 0.6) is 5.75 Å². The zero-order chi connectivity index (χ0) is 18.7. The number of benzene rings is 2. The van der Waals surface area contributed by atoms with Crippen LogP contribution in [0.2, 0.25) is 0 Å². The highest BCUT2D eigenvalue weighted by Gasteiger charge is 2.33. The second-order valence-electron chi connectivity index (χ2n) is 5.65. The minimum absolute atomic E-state index is 0.0118. The van der Waals surface area contributed by atoms with E-state index in [0.29, 0.717) is 17.9 Å². The van der Waals surface area contributed by atoms with Crippen molar-refractivity contribution in [3.8, 4) is 5.75 Å². The van der Waals surface area contributed by atoms with Crippen LogP contribution in [0.1, 0.15) is 12.5 Å². The molecule has 1 aliphatic heterocycles. The molecule has 1 fully saturated rings. The average Bonchev–Trinajstić information content (AvgIpc) is 2.63. The second-order valence-corrected chi connectivity index (χ2v) is 6.04. The van der Waals surface area contributed by atoms with Crippen molar-refractivity contribution in [2.24, 2.45) is 0 Å². The Bertz CT molecular complexity index is 949. The predicted molar refractivity (Wildman–Crippen MR) is 106 cm³/mol. The lowest BCUT2D eigenvalue weighted by molar-refractivity contribution is -0.128. The van der Waals surface area contributed by atoms with Gasteiger partial charge in [-0.1, -0.05) is 36.4 Å². The van der Waals surface area contributed by atoms with Gasteiger partial charge in [-0.2, -0.15) is 0 Å². The van der Waals surface area contributed by atoms with E-state index in [1.807, 2.05) is 43.3 Å². The third kappa shape index (κ3) is 3.23. The van der Waals surface area contributed by atoms with Crippen molar-refractivity contribution < 1.29 is 14.3 Å². The molecule has 0 radical (unpaired) electrons. The maximum atomic E-state index is 12.8. The van der Waals surface area contributed by atoms with Crippen LogP contribution in [0.4, 0.5) is 0 Å². The standard InChI is InChI=1S/C20H18N2O3S/c1-3-11-22-19(24)16(18(23)21-20(22)26)12-15-14-8-6-5-7-13(14)9-10-17(15)25-4-2/h3,5-10,12H,1,4,11H2,2H3,(H,21,23,26)/b16-12+. The molecular weight excluding hydrogens is 348 g/mol. The summed E-state index contributed by atoms with van der Waals surface area (Å²) in [6.45, 7) is 6.21. The quantitative estimate of drug-likeness (QED) is 0.382. The van der Waals surface area contributed by atoms with E-state index in [1.54, 1.807) is 12.2 Å². The van der Waals surface area contributed by atoms with Gasteiger partial charge in [-0.05, 0) is 42.1 Å². The number of ether oxygens (including phenoxy) is 1. The minimum Gasteiger partial charge on any atom is -0.493 e. The Morgan fingerprint density at radius 1 is 1.23 bits per heavy atom. The molecule has 5 nitrogen and oxygen atoms in total. The van der Waals surface area contributed by atoms with Gasteiger partial charge in [0, 0.05) is 12.1 Å². The molecular formula is C20H18N2O3S. The third-order valence-electron chi connectivity index (χ3n) is 4.02. The van der Waals surface area contributed by atoms with E-state index in [0.717, 1.165) is 10.8 Å². The van der Waals surface area contributed by atoms with Gasteiger partial charge in [0.25, 0.3) is 11.8 Å². The lowest BCUT2D eigenvalue weighted by Crippen LogP contribution is -2.53. The summed E-state index contributed by atoms with van der Waals surface area (Å²) >= 11 is 5.08. The highest BCUT2D eigenvalue weighted by atomic mass is 32.1. The Morgan fingerprint density at radius 3 is 2.73 bits per heavy atom. The lowest BCUT2D eigenvalue weighted by Gasteiger charge is -2.28. The van der Waals surface area contributed by atoms with Crippen LogP contribution in [0, 0.1) is 0 Å². The number of nitrogens with zero attached hydrogens (tertiary/aromatic N) is 1. The van der Waals surface area contributed by atoms with Crippen molar-refractivity contribution in [1.82, 2.24) is 10.2 Å². The number of amides is 2. The smallest absolute Gasteiger partial charge is 0.265 e. The molecule has 3 rings (SSSR count). The third-order valence-corrected chi connectivity index (χ3v) is 4.34.